The van der Waals surface area contributed by atoms with Crippen LogP contribution in [0.1, 0.15) is 18.1 Å². The fraction of sp³-hybridized carbons (Fsp3) is 0.227. The van der Waals surface area contributed by atoms with Crippen LogP contribution in [0.4, 0.5) is 0 Å². The van der Waals surface area contributed by atoms with Crippen molar-refractivity contribution in [2.75, 3.05) is 20.3 Å². The summed E-state index contributed by atoms with van der Waals surface area (Å²) in [5.74, 6) is 5.86. The van der Waals surface area contributed by atoms with Crippen LogP contribution in [0, 0.1) is 11.8 Å². The van der Waals surface area contributed by atoms with Crippen molar-refractivity contribution in [3.63, 3.8) is 0 Å². The van der Waals surface area contributed by atoms with Crippen LogP contribution in [0.15, 0.2) is 58.8 Å². The van der Waals surface area contributed by atoms with Gasteiger partial charge in [-0.25, -0.2) is 8.42 Å². The minimum atomic E-state index is -3.57. The molecule has 6 nitrogen and oxygen atoms in total. The number of amides is 1. The van der Waals surface area contributed by atoms with Crippen LogP contribution in [0.5, 0.6) is 5.75 Å². The summed E-state index contributed by atoms with van der Waals surface area (Å²) in [6, 6.07) is 13.4. The van der Waals surface area contributed by atoms with Crippen molar-refractivity contribution in [3.8, 4) is 17.6 Å². The number of carbonyl (C=O) groups is 1. The Morgan fingerprint density at radius 3 is 2.41 bits per heavy atom. The summed E-state index contributed by atoms with van der Waals surface area (Å²) >= 11 is 0. The maximum Gasteiger partial charge on any atom is 0.246 e. The molecular weight excluding hydrogens is 390 g/mol. The number of ether oxygens (including phenoxy) is 2. The van der Waals surface area contributed by atoms with Gasteiger partial charge in [0.15, 0.2) is 9.84 Å². The Hall–Kier alpha value is -3.08. The van der Waals surface area contributed by atoms with Crippen LogP contribution in [0.25, 0.3) is 6.08 Å². The molecule has 0 bridgehead atoms. The number of carbonyl (C=O) groups excluding carboxylic acids is 1. The third-order valence-corrected chi connectivity index (χ3v) is 5.25. The smallest absolute Gasteiger partial charge is 0.246 e. The van der Waals surface area contributed by atoms with Crippen molar-refractivity contribution >= 4 is 21.8 Å². The molecule has 2 aromatic carbocycles. The summed E-state index contributed by atoms with van der Waals surface area (Å²) in [6.07, 6.45) is 1.53. The van der Waals surface area contributed by atoms with Gasteiger partial charge in [-0.05, 0) is 48.4 Å². The zero-order valence-corrected chi connectivity index (χ0v) is 17.2. The van der Waals surface area contributed by atoms with E-state index in [0.29, 0.717) is 12.3 Å². The van der Waals surface area contributed by atoms with Gasteiger partial charge in [-0.2, -0.15) is 0 Å². The first-order valence-electron chi connectivity index (χ1n) is 8.85. The Bertz CT molecular complexity index is 998. The van der Waals surface area contributed by atoms with E-state index in [9.17, 15) is 13.2 Å². The molecule has 2 rings (SSSR count). The van der Waals surface area contributed by atoms with Crippen LogP contribution < -0.4 is 10.1 Å². The van der Waals surface area contributed by atoms with E-state index in [1.54, 1.807) is 31.2 Å². The average molecular weight is 413 g/mol. The zero-order valence-electron chi connectivity index (χ0n) is 16.3. The molecule has 0 unspecified atom stereocenters. The number of hydrogen-bond acceptors (Lipinski definition) is 5. The van der Waals surface area contributed by atoms with Gasteiger partial charge in [0.25, 0.3) is 0 Å². The van der Waals surface area contributed by atoms with Crippen LogP contribution >= 0.6 is 0 Å². The second-order valence-electron chi connectivity index (χ2n) is 5.99. The Labute approximate surface area is 171 Å². The molecule has 0 saturated heterocycles. The topological polar surface area (TPSA) is 81.7 Å². The molecular formula is C22H23NO5S. The fourth-order valence-electron chi connectivity index (χ4n) is 2.29. The number of hydrogen-bond donors (Lipinski definition) is 1. The minimum Gasteiger partial charge on any atom is -0.481 e. The predicted octanol–water partition coefficient (Wildman–Crippen LogP) is 2.80. The van der Waals surface area contributed by atoms with E-state index >= 15 is 0 Å². The molecule has 0 aliphatic heterocycles. The van der Waals surface area contributed by atoms with Crippen LogP contribution in [0.3, 0.4) is 0 Å². The van der Waals surface area contributed by atoms with Crippen molar-refractivity contribution in [3.05, 3.63) is 65.1 Å². The maximum absolute atomic E-state index is 12.5. The molecule has 1 amide bonds. The third-order valence-electron chi connectivity index (χ3n) is 3.82. The Kier molecular flexibility index (Phi) is 8.46. The molecule has 1 N–H and O–H groups in total. The van der Waals surface area contributed by atoms with Gasteiger partial charge < -0.3 is 14.8 Å². The van der Waals surface area contributed by atoms with Gasteiger partial charge >= 0.3 is 0 Å². The van der Waals surface area contributed by atoms with E-state index in [1.165, 1.54) is 30.7 Å². The van der Waals surface area contributed by atoms with Gasteiger partial charge in [0.1, 0.15) is 19.0 Å². The molecule has 0 aliphatic carbocycles. The lowest BCUT2D eigenvalue weighted by Gasteiger charge is -2.05. The highest BCUT2D eigenvalue weighted by molar-refractivity contribution is 7.94. The van der Waals surface area contributed by atoms with Crippen molar-refractivity contribution in [1.29, 1.82) is 0 Å². The van der Waals surface area contributed by atoms with Crippen molar-refractivity contribution < 1.29 is 22.7 Å². The largest absolute Gasteiger partial charge is 0.481 e. The molecule has 0 spiro atoms. The van der Waals surface area contributed by atoms with E-state index in [0.717, 1.165) is 11.1 Å². The van der Waals surface area contributed by atoms with Crippen LogP contribution in [-0.2, 0) is 25.9 Å². The van der Waals surface area contributed by atoms with Gasteiger partial charge in [0.05, 0.1) is 4.90 Å². The van der Waals surface area contributed by atoms with E-state index in [1.807, 2.05) is 12.1 Å². The quantitative estimate of drug-likeness (QED) is 0.640. The SMILES string of the molecule is CC#CCOc1ccc(S(=O)(=O)/C=C/c2ccc(CNC(=O)COC)cc2)cc1. The summed E-state index contributed by atoms with van der Waals surface area (Å²) in [4.78, 5) is 11.6. The summed E-state index contributed by atoms with van der Waals surface area (Å²) < 4.78 is 35.1. The number of benzene rings is 2. The maximum atomic E-state index is 12.5. The van der Waals surface area contributed by atoms with Crippen LogP contribution in [-0.4, -0.2) is 34.6 Å². The molecule has 0 radical (unpaired) electrons. The fourth-order valence-corrected chi connectivity index (χ4v) is 3.30. The van der Waals surface area contributed by atoms with E-state index in [-0.39, 0.29) is 24.0 Å². The summed E-state index contributed by atoms with van der Waals surface area (Å²) in [7, 11) is -2.12. The summed E-state index contributed by atoms with van der Waals surface area (Å²) in [5, 5.41) is 3.89. The molecule has 152 valence electrons. The monoisotopic (exact) mass is 413 g/mol. The molecule has 0 heterocycles. The lowest BCUT2D eigenvalue weighted by atomic mass is 10.1. The molecule has 29 heavy (non-hydrogen) atoms. The Morgan fingerprint density at radius 2 is 1.79 bits per heavy atom. The minimum absolute atomic E-state index is 0.0125. The third kappa shape index (κ3) is 7.45. The van der Waals surface area contributed by atoms with E-state index in [2.05, 4.69) is 17.2 Å². The molecule has 0 aliphatic rings. The summed E-state index contributed by atoms with van der Waals surface area (Å²) in [5.41, 5.74) is 1.64. The first kappa shape index (κ1) is 22.2. The first-order valence-corrected chi connectivity index (χ1v) is 10.4. The van der Waals surface area contributed by atoms with Gasteiger partial charge in [-0.1, -0.05) is 30.2 Å². The Balaban J connectivity index is 1.98. The molecule has 0 saturated carbocycles. The zero-order chi connectivity index (χ0) is 21.1. The van der Waals surface area contributed by atoms with Gasteiger partial charge in [0.2, 0.25) is 5.91 Å². The highest BCUT2D eigenvalue weighted by Crippen LogP contribution is 2.19. The molecule has 2 aromatic rings. The van der Waals surface area contributed by atoms with Crippen molar-refractivity contribution in [2.45, 2.75) is 18.4 Å². The second-order valence-corrected chi connectivity index (χ2v) is 7.82. The lowest BCUT2D eigenvalue weighted by Crippen LogP contribution is -2.26. The summed E-state index contributed by atoms with van der Waals surface area (Å²) in [6.45, 7) is 2.37. The molecule has 0 fully saturated rings. The lowest BCUT2D eigenvalue weighted by molar-refractivity contribution is -0.124. The van der Waals surface area contributed by atoms with Crippen molar-refractivity contribution in [1.82, 2.24) is 5.32 Å². The number of methoxy groups -OCH3 is 1. The predicted molar refractivity (Wildman–Crippen MR) is 112 cm³/mol. The first-order chi connectivity index (χ1) is 13.9. The number of sulfone groups is 1. The standard InChI is InChI=1S/C22H23NO5S/c1-3-4-14-28-20-9-11-21(12-10-20)29(25,26)15-13-18-5-7-19(8-6-18)16-23-22(24)17-27-2/h5-13,15H,14,16-17H2,1-2H3,(H,23,24)/b15-13+. The van der Waals surface area contributed by atoms with Crippen molar-refractivity contribution in [2.24, 2.45) is 0 Å². The van der Waals surface area contributed by atoms with E-state index in [4.69, 9.17) is 9.47 Å². The Morgan fingerprint density at radius 1 is 1.10 bits per heavy atom. The van der Waals surface area contributed by atoms with Gasteiger partial charge in [-0.15, -0.1) is 5.92 Å². The van der Waals surface area contributed by atoms with Gasteiger partial charge in [-0.3, -0.25) is 4.79 Å². The highest BCUT2D eigenvalue weighted by atomic mass is 32.2. The highest BCUT2D eigenvalue weighted by Gasteiger charge is 2.10. The number of nitrogens with one attached hydrogen (secondary N) is 1. The molecule has 0 atom stereocenters. The number of rotatable bonds is 9. The second kappa shape index (κ2) is 11.1. The van der Waals surface area contributed by atoms with E-state index < -0.39 is 9.84 Å². The van der Waals surface area contributed by atoms with Gasteiger partial charge in [0, 0.05) is 19.1 Å². The average Bonchev–Trinajstić information content (AvgIpc) is 2.72. The van der Waals surface area contributed by atoms with Crippen LogP contribution in [0.2, 0.25) is 0 Å². The molecule has 0 aromatic heterocycles. The normalized spacial score (nSPS) is 11.0. The molecule has 7 heteroatoms.